The lowest BCUT2D eigenvalue weighted by molar-refractivity contribution is -0.139. The van der Waals surface area contributed by atoms with Gasteiger partial charge < -0.3 is 10.0 Å². The lowest BCUT2D eigenvalue weighted by Gasteiger charge is -2.29. The zero-order chi connectivity index (χ0) is 16.6. The van der Waals surface area contributed by atoms with E-state index < -0.39 is 23.6 Å². The van der Waals surface area contributed by atoms with Crippen molar-refractivity contribution < 1.29 is 23.5 Å². The first-order valence-corrected chi connectivity index (χ1v) is 7.94. The van der Waals surface area contributed by atoms with Gasteiger partial charge in [0.1, 0.15) is 0 Å². The molecule has 2 fully saturated rings. The highest BCUT2D eigenvalue weighted by atomic mass is 19.2. The topological polar surface area (TPSA) is 57.6 Å². The second-order valence-electron chi connectivity index (χ2n) is 6.40. The Balaban J connectivity index is 1.89. The summed E-state index contributed by atoms with van der Waals surface area (Å²) in [5, 5.41) is 9.16. The van der Waals surface area contributed by atoms with Crippen LogP contribution in [0.4, 0.5) is 8.78 Å². The molecule has 1 amide bonds. The maximum atomic E-state index is 13.9. The van der Waals surface area contributed by atoms with Crippen molar-refractivity contribution in [1.82, 2.24) is 4.90 Å². The first-order chi connectivity index (χ1) is 11.0. The second-order valence-corrected chi connectivity index (χ2v) is 6.40. The van der Waals surface area contributed by atoms with Gasteiger partial charge in [-0.2, -0.15) is 0 Å². The van der Waals surface area contributed by atoms with Gasteiger partial charge in [0.25, 0.3) is 0 Å². The van der Waals surface area contributed by atoms with Crippen molar-refractivity contribution in [1.29, 1.82) is 0 Å². The Morgan fingerprint density at radius 1 is 1.26 bits per heavy atom. The highest BCUT2D eigenvalue weighted by Crippen LogP contribution is 2.43. The highest BCUT2D eigenvalue weighted by Gasteiger charge is 2.49. The molecule has 6 heteroatoms. The Morgan fingerprint density at radius 2 is 2.00 bits per heavy atom. The first-order valence-electron chi connectivity index (χ1n) is 7.94. The molecule has 1 aromatic rings. The molecule has 1 saturated heterocycles. The third-order valence-corrected chi connectivity index (χ3v) is 5.07. The molecule has 1 aliphatic carbocycles. The third kappa shape index (κ3) is 2.94. The fraction of sp³-hybridized carbons (Fsp3) is 0.529. The number of hydrogen-bond acceptors (Lipinski definition) is 2. The number of nitrogens with zero attached hydrogens (tertiary/aromatic N) is 1. The Hall–Kier alpha value is -1.98. The van der Waals surface area contributed by atoms with Gasteiger partial charge in [0.05, 0.1) is 6.42 Å². The van der Waals surface area contributed by atoms with E-state index in [0.29, 0.717) is 0 Å². The van der Waals surface area contributed by atoms with E-state index in [2.05, 4.69) is 0 Å². The molecule has 2 aliphatic rings. The zero-order valence-electron chi connectivity index (χ0n) is 12.7. The molecule has 1 aliphatic heterocycles. The number of carboxylic acid groups (broad SMARTS) is 1. The lowest BCUT2D eigenvalue weighted by Crippen LogP contribution is -2.36. The number of amides is 1. The standard InChI is InChI=1S/C17H19F2NO3/c18-13-7-3-4-10(16(13)19)9-20-14(8-15(21)22)11-5-1-2-6-12(11)17(20)23/h3-4,7,11-12,14H,1-2,5-6,8-9H2,(H,21,22)/t11-,12+,14+/m1/s1. The normalized spacial score (nSPS) is 27.1. The van der Waals surface area contributed by atoms with Crippen LogP contribution in [0.5, 0.6) is 0 Å². The van der Waals surface area contributed by atoms with Crippen LogP contribution in [0, 0.1) is 23.5 Å². The van der Waals surface area contributed by atoms with Crippen LogP contribution in [0.15, 0.2) is 18.2 Å². The minimum atomic E-state index is -0.973. The monoisotopic (exact) mass is 323 g/mol. The van der Waals surface area contributed by atoms with Gasteiger partial charge in [0.2, 0.25) is 5.91 Å². The smallest absolute Gasteiger partial charge is 0.305 e. The number of fused-ring (bicyclic) bond motifs is 1. The summed E-state index contributed by atoms with van der Waals surface area (Å²) in [6.07, 6.45) is 3.35. The van der Waals surface area contributed by atoms with Crippen molar-refractivity contribution in [2.75, 3.05) is 0 Å². The average Bonchev–Trinajstić information content (AvgIpc) is 2.77. The van der Waals surface area contributed by atoms with Crippen molar-refractivity contribution in [3.05, 3.63) is 35.4 Å². The van der Waals surface area contributed by atoms with Gasteiger partial charge in [-0.05, 0) is 24.8 Å². The number of benzene rings is 1. The van der Waals surface area contributed by atoms with Crippen LogP contribution in [0.2, 0.25) is 0 Å². The second kappa shape index (κ2) is 6.26. The molecule has 1 N–H and O–H groups in total. The SMILES string of the molecule is O=C(O)C[C@H]1[C@@H]2CCCC[C@@H]2C(=O)N1Cc1cccc(F)c1F. The van der Waals surface area contributed by atoms with Crippen molar-refractivity contribution in [2.24, 2.45) is 11.8 Å². The zero-order valence-corrected chi connectivity index (χ0v) is 12.7. The van der Waals surface area contributed by atoms with Crippen LogP contribution in [-0.4, -0.2) is 27.9 Å². The third-order valence-electron chi connectivity index (χ3n) is 5.07. The molecule has 3 rings (SSSR count). The predicted molar refractivity (Wildman–Crippen MR) is 78.4 cm³/mol. The summed E-state index contributed by atoms with van der Waals surface area (Å²) in [5.74, 6) is -3.19. The molecule has 0 bridgehead atoms. The quantitative estimate of drug-likeness (QED) is 0.927. The molecule has 0 radical (unpaired) electrons. The Morgan fingerprint density at radius 3 is 2.74 bits per heavy atom. The van der Waals surface area contributed by atoms with Crippen LogP contribution in [0.25, 0.3) is 0 Å². The van der Waals surface area contributed by atoms with E-state index >= 15 is 0 Å². The number of aliphatic carboxylic acids is 1. The Kier molecular flexibility index (Phi) is 4.33. The summed E-state index contributed by atoms with van der Waals surface area (Å²) >= 11 is 0. The van der Waals surface area contributed by atoms with Crippen LogP contribution >= 0.6 is 0 Å². The van der Waals surface area contributed by atoms with E-state index in [1.54, 1.807) is 0 Å². The largest absolute Gasteiger partial charge is 0.481 e. The minimum absolute atomic E-state index is 0.00368. The predicted octanol–water partition coefficient (Wildman–Crippen LogP) is 2.96. The molecular weight excluding hydrogens is 304 g/mol. The van der Waals surface area contributed by atoms with Crippen LogP contribution in [0.1, 0.15) is 37.7 Å². The van der Waals surface area contributed by atoms with E-state index in [0.717, 1.165) is 31.7 Å². The van der Waals surface area contributed by atoms with Gasteiger partial charge in [0, 0.05) is 24.1 Å². The summed E-state index contributed by atoms with van der Waals surface area (Å²) in [4.78, 5) is 25.3. The van der Waals surface area contributed by atoms with E-state index in [1.165, 1.54) is 17.0 Å². The van der Waals surface area contributed by atoms with E-state index in [9.17, 15) is 18.4 Å². The number of halogens is 2. The van der Waals surface area contributed by atoms with E-state index in [4.69, 9.17) is 5.11 Å². The van der Waals surface area contributed by atoms with Gasteiger partial charge in [-0.25, -0.2) is 8.78 Å². The summed E-state index contributed by atoms with van der Waals surface area (Å²) in [5.41, 5.74) is 0.0902. The molecule has 4 nitrogen and oxygen atoms in total. The molecule has 0 spiro atoms. The number of carbonyl (C=O) groups is 2. The summed E-state index contributed by atoms with van der Waals surface area (Å²) < 4.78 is 27.3. The molecule has 124 valence electrons. The fourth-order valence-corrected chi connectivity index (χ4v) is 4.02. The van der Waals surface area contributed by atoms with Crippen LogP contribution in [0.3, 0.4) is 0 Å². The average molecular weight is 323 g/mol. The van der Waals surface area contributed by atoms with Gasteiger partial charge in [-0.1, -0.05) is 25.0 Å². The minimum Gasteiger partial charge on any atom is -0.481 e. The van der Waals surface area contributed by atoms with Crippen LogP contribution < -0.4 is 0 Å². The Bertz CT molecular complexity index is 634. The number of rotatable bonds is 4. The van der Waals surface area contributed by atoms with E-state index in [-0.39, 0.29) is 36.3 Å². The fourth-order valence-electron chi connectivity index (χ4n) is 4.02. The van der Waals surface area contributed by atoms with Crippen molar-refractivity contribution >= 4 is 11.9 Å². The Labute approximate surface area is 133 Å². The number of carboxylic acids is 1. The molecule has 0 aromatic heterocycles. The summed E-state index contributed by atoms with van der Waals surface area (Å²) in [6, 6.07) is 3.42. The lowest BCUT2D eigenvalue weighted by atomic mass is 9.77. The summed E-state index contributed by atoms with van der Waals surface area (Å²) in [7, 11) is 0. The number of hydrogen-bond donors (Lipinski definition) is 1. The van der Waals surface area contributed by atoms with Gasteiger partial charge in [-0.15, -0.1) is 0 Å². The molecule has 23 heavy (non-hydrogen) atoms. The molecule has 1 saturated carbocycles. The maximum Gasteiger partial charge on any atom is 0.305 e. The maximum absolute atomic E-state index is 13.9. The molecule has 1 aromatic carbocycles. The molecule has 0 unspecified atom stereocenters. The van der Waals surface area contributed by atoms with Crippen molar-refractivity contribution in [3.8, 4) is 0 Å². The van der Waals surface area contributed by atoms with Gasteiger partial charge in [-0.3, -0.25) is 9.59 Å². The first kappa shape index (κ1) is 15.9. The molecule has 1 heterocycles. The molecular formula is C17H19F2NO3. The number of likely N-dealkylation sites (tertiary alicyclic amines) is 1. The van der Waals surface area contributed by atoms with Crippen molar-refractivity contribution in [3.63, 3.8) is 0 Å². The highest BCUT2D eigenvalue weighted by molar-refractivity contribution is 5.83. The van der Waals surface area contributed by atoms with E-state index in [1.807, 2.05) is 0 Å². The molecule has 3 atom stereocenters. The van der Waals surface area contributed by atoms with Gasteiger partial charge >= 0.3 is 5.97 Å². The van der Waals surface area contributed by atoms with Crippen molar-refractivity contribution in [2.45, 2.75) is 44.7 Å². The van der Waals surface area contributed by atoms with Gasteiger partial charge in [0.15, 0.2) is 11.6 Å². The summed E-state index contributed by atoms with van der Waals surface area (Å²) in [6.45, 7) is -0.0760. The van der Waals surface area contributed by atoms with Crippen LogP contribution in [-0.2, 0) is 16.1 Å². The number of carbonyl (C=O) groups excluding carboxylic acids is 1.